The number of piperazine rings is 1. The third kappa shape index (κ3) is 6.27. The Kier molecular flexibility index (Phi) is 9.61. The number of halogens is 2. The highest BCUT2D eigenvalue weighted by molar-refractivity contribution is 7.91. The topological polar surface area (TPSA) is 66.4 Å². The van der Waals surface area contributed by atoms with Gasteiger partial charge in [-0.1, -0.05) is 29.8 Å². The fourth-order valence-electron chi connectivity index (χ4n) is 3.68. The van der Waals surface area contributed by atoms with Gasteiger partial charge in [-0.3, -0.25) is 14.8 Å². The first kappa shape index (κ1) is 26.2. The van der Waals surface area contributed by atoms with Crippen molar-refractivity contribution in [3.05, 3.63) is 83.8 Å². The molecular formula is C23H28Cl2N4O2S. The molecule has 1 aromatic carbocycles. The highest BCUT2D eigenvalue weighted by Gasteiger charge is 2.25. The van der Waals surface area contributed by atoms with Crippen LogP contribution >= 0.6 is 24.8 Å². The SMILES string of the molecule is Cc1ccc(S(=O)(=O)c2ncccc2CN2CCN(Cc3ccccn3)CC2)cc1.Cl.Cl. The monoisotopic (exact) mass is 494 g/mol. The largest absolute Gasteiger partial charge is 0.296 e. The molecule has 0 N–H and O–H groups in total. The molecule has 2 aromatic heterocycles. The Labute approximate surface area is 202 Å². The number of aromatic nitrogens is 2. The molecule has 3 aromatic rings. The fraction of sp³-hybridized carbons (Fsp3) is 0.304. The van der Waals surface area contributed by atoms with Crippen LogP contribution in [-0.4, -0.2) is 54.4 Å². The maximum absolute atomic E-state index is 13.2. The molecule has 0 amide bonds. The van der Waals surface area contributed by atoms with E-state index in [1.165, 1.54) is 0 Å². The second kappa shape index (κ2) is 11.7. The number of hydrogen-bond donors (Lipinski definition) is 0. The Balaban J connectivity index is 0.00000181. The maximum Gasteiger partial charge on any atom is 0.224 e. The van der Waals surface area contributed by atoms with Crippen LogP contribution in [0.2, 0.25) is 0 Å². The lowest BCUT2D eigenvalue weighted by Crippen LogP contribution is -2.45. The van der Waals surface area contributed by atoms with Crippen LogP contribution in [0.5, 0.6) is 0 Å². The molecular weight excluding hydrogens is 467 g/mol. The third-order valence-corrected chi connectivity index (χ3v) is 7.18. The van der Waals surface area contributed by atoms with Gasteiger partial charge in [0.2, 0.25) is 9.84 Å². The number of aryl methyl sites for hydroxylation is 1. The van der Waals surface area contributed by atoms with E-state index in [4.69, 9.17) is 0 Å². The fourth-order valence-corrected chi connectivity index (χ4v) is 5.08. The summed E-state index contributed by atoms with van der Waals surface area (Å²) in [4.78, 5) is 13.6. The summed E-state index contributed by atoms with van der Waals surface area (Å²) in [6.45, 7) is 6.97. The van der Waals surface area contributed by atoms with Gasteiger partial charge in [0, 0.05) is 57.2 Å². The first-order valence-corrected chi connectivity index (χ1v) is 11.6. The molecule has 0 spiro atoms. The number of sulfone groups is 1. The van der Waals surface area contributed by atoms with Crippen molar-refractivity contribution in [1.29, 1.82) is 0 Å². The zero-order valence-corrected chi connectivity index (χ0v) is 20.4. The molecule has 0 aliphatic carbocycles. The van der Waals surface area contributed by atoms with Crippen LogP contribution in [0.15, 0.2) is 76.9 Å². The second-order valence-corrected chi connectivity index (χ2v) is 9.52. The lowest BCUT2D eigenvalue weighted by atomic mass is 10.2. The molecule has 0 unspecified atom stereocenters. The van der Waals surface area contributed by atoms with Gasteiger partial charge in [-0.05, 0) is 37.3 Å². The summed E-state index contributed by atoms with van der Waals surface area (Å²) in [6.07, 6.45) is 3.37. The van der Waals surface area contributed by atoms with Crippen LogP contribution in [-0.2, 0) is 22.9 Å². The quantitative estimate of drug-likeness (QED) is 0.519. The zero-order valence-electron chi connectivity index (χ0n) is 17.9. The van der Waals surface area contributed by atoms with Gasteiger partial charge in [0.05, 0.1) is 10.6 Å². The third-order valence-electron chi connectivity index (χ3n) is 5.41. The first-order valence-electron chi connectivity index (χ1n) is 10.1. The molecule has 0 radical (unpaired) electrons. The smallest absolute Gasteiger partial charge is 0.224 e. The zero-order chi connectivity index (χ0) is 21.0. The van der Waals surface area contributed by atoms with Crippen molar-refractivity contribution in [2.45, 2.75) is 29.9 Å². The summed E-state index contributed by atoms with van der Waals surface area (Å²) in [5.74, 6) is 0. The average molecular weight is 495 g/mol. The molecule has 4 rings (SSSR count). The van der Waals surface area contributed by atoms with Crippen LogP contribution in [0.1, 0.15) is 16.8 Å². The van der Waals surface area contributed by atoms with Crippen LogP contribution < -0.4 is 0 Å². The minimum Gasteiger partial charge on any atom is -0.296 e. The van der Waals surface area contributed by atoms with Crippen molar-refractivity contribution in [1.82, 2.24) is 19.8 Å². The molecule has 172 valence electrons. The standard InChI is InChI=1S/C23H26N4O2S.2ClH/c1-19-7-9-22(10-8-19)30(28,29)23-20(5-4-12-25-23)17-26-13-15-27(16-14-26)18-21-6-2-3-11-24-21;;/h2-12H,13-18H2,1H3;2*1H. The molecule has 0 atom stereocenters. The van der Waals surface area contributed by atoms with E-state index in [-0.39, 0.29) is 34.7 Å². The van der Waals surface area contributed by atoms with E-state index >= 15 is 0 Å². The highest BCUT2D eigenvalue weighted by atomic mass is 35.5. The number of benzene rings is 1. The number of pyridine rings is 2. The number of rotatable bonds is 6. The van der Waals surface area contributed by atoms with Crippen molar-refractivity contribution in [2.24, 2.45) is 0 Å². The minimum absolute atomic E-state index is 0. The van der Waals surface area contributed by atoms with Crippen LogP contribution in [0, 0.1) is 6.92 Å². The van der Waals surface area contributed by atoms with Gasteiger partial charge >= 0.3 is 0 Å². The van der Waals surface area contributed by atoms with Crippen molar-refractivity contribution >= 4 is 34.7 Å². The van der Waals surface area contributed by atoms with E-state index in [2.05, 4.69) is 19.8 Å². The van der Waals surface area contributed by atoms with Gasteiger partial charge in [-0.25, -0.2) is 13.4 Å². The van der Waals surface area contributed by atoms with Crippen molar-refractivity contribution < 1.29 is 8.42 Å². The summed E-state index contributed by atoms with van der Waals surface area (Å²) in [5, 5.41) is 0.157. The van der Waals surface area contributed by atoms with Gasteiger partial charge in [-0.2, -0.15) is 0 Å². The Morgan fingerprint density at radius 3 is 2.03 bits per heavy atom. The van der Waals surface area contributed by atoms with Gasteiger partial charge in [0.15, 0.2) is 5.03 Å². The van der Waals surface area contributed by atoms with Crippen LogP contribution in [0.4, 0.5) is 0 Å². The molecule has 9 heteroatoms. The molecule has 0 bridgehead atoms. The van der Waals surface area contributed by atoms with Gasteiger partial charge in [-0.15, -0.1) is 24.8 Å². The second-order valence-electron chi connectivity index (χ2n) is 7.66. The lowest BCUT2D eigenvalue weighted by Gasteiger charge is -2.34. The molecule has 1 aliphatic rings. The summed E-state index contributed by atoms with van der Waals surface area (Å²) in [5.41, 5.74) is 2.85. The Morgan fingerprint density at radius 1 is 0.781 bits per heavy atom. The van der Waals surface area contributed by atoms with Crippen LogP contribution in [0.3, 0.4) is 0 Å². The molecule has 0 saturated carbocycles. The molecule has 3 heterocycles. The summed E-state index contributed by atoms with van der Waals surface area (Å²) in [6, 6.07) is 16.6. The predicted octanol–water partition coefficient (Wildman–Crippen LogP) is 3.78. The van der Waals surface area contributed by atoms with E-state index < -0.39 is 9.84 Å². The van der Waals surface area contributed by atoms with E-state index in [0.717, 1.165) is 49.5 Å². The van der Waals surface area contributed by atoms with Gasteiger partial charge in [0.1, 0.15) is 0 Å². The van der Waals surface area contributed by atoms with E-state index in [0.29, 0.717) is 6.54 Å². The van der Waals surface area contributed by atoms with Crippen molar-refractivity contribution in [2.75, 3.05) is 26.2 Å². The van der Waals surface area contributed by atoms with E-state index in [1.54, 1.807) is 24.4 Å². The predicted molar refractivity (Wildman–Crippen MR) is 130 cm³/mol. The number of nitrogens with zero attached hydrogens (tertiary/aromatic N) is 4. The summed E-state index contributed by atoms with van der Waals surface area (Å²) in [7, 11) is -3.65. The van der Waals surface area contributed by atoms with Crippen molar-refractivity contribution in [3.8, 4) is 0 Å². The maximum atomic E-state index is 13.2. The highest BCUT2D eigenvalue weighted by Crippen LogP contribution is 2.24. The van der Waals surface area contributed by atoms with E-state index in [1.807, 2.05) is 49.5 Å². The number of hydrogen-bond acceptors (Lipinski definition) is 6. The molecule has 32 heavy (non-hydrogen) atoms. The summed E-state index contributed by atoms with van der Waals surface area (Å²) < 4.78 is 26.3. The Morgan fingerprint density at radius 2 is 1.41 bits per heavy atom. The minimum atomic E-state index is -3.65. The van der Waals surface area contributed by atoms with Crippen LogP contribution in [0.25, 0.3) is 0 Å². The summed E-state index contributed by atoms with van der Waals surface area (Å²) >= 11 is 0. The van der Waals surface area contributed by atoms with Gasteiger partial charge in [0.25, 0.3) is 0 Å². The first-order chi connectivity index (χ1) is 14.5. The Hall–Kier alpha value is -2.03. The molecule has 1 aliphatic heterocycles. The lowest BCUT2D eigenvalue weighted by molar-refractivity contribution is 0.120. The van der Waals surface area contributed by atoms with Gasteiger partial charge < -0.3 is 0 Å². The molecule has 1 saturated heterocycles. The normalized spacial score (nSPS) is 14.9. The molecule has 1 fully saturated rings. The Bertz CT molecular complexity index is 1090. The molecule has 6 nitrogen and oxygen atoms in total. The van der Waals surface area contributed by atoms with E-state index in [9.17, 15) is 8.42 Å². The average Bonchev–Trinajstić information content (AvgIpc) is 2.76. The van der Waals surface area contributed by atoms with Crippen molar-refractivity contribution in [3.63, 3.8) is 0 Å².